The van der Waals surface area contributed by atoms with E-state index in [-0.39, 0.29) is 12.3 Å². The van der Waals surface area contributed by atoms with Crippen molar-refractivity contribution in [2.45, 2.75) is 33.7 Å². The molecule has 2 N–H and O–H groups in total. The summed E-state index contributed by atoms with van der Waals surface area (Å²) in [5, 5.41) is 14.9. The van der Waals surface area contributed by atoms with Crippen LogP contribution in [-0.2, 0) is 24.8 Å². The van der Waals surface area contributed by atoms with E-state index in [0.717, 1.165) is 27.5 Å². The molecule has 8 nitrogen and oxygen atoms in total. The smallest absolute Gasteiger partial charge is 0.230 e. The highest BCUT2D eigenvalue weighted by Gasteiger charge is 2.18. The second kappa shape index (κ2) is 7.57. The summed E-state index contributed by atoms with van der Waals surface area (Å²) in [6.07, 6.45) is 2.01. The summed E-state index contributed by atoms with van der Waals surface area (Å²) >= 11 is 6.63. The molecule has 3 heterocycles. The lowest BCUT2D eigenvalue weighted by Crippen LogP contribution is -2.15. The fourth-order valence-electron chi connectivity index (χ4n) is 2.84. The SMILES string of the molecule is C=CCn1c(-c2sc(NC(=O)Cc3c(C)nn(C)c3C)nc2C)n[nH]c1=S. The number of H-pyrrole nitrogens is 1. The van der Waals surface area contributed by atoms with Gasteiger partial charge >= 0.3 is 0 Å². The van der Waals surface area contributed by atoms with Crippen molar-refractivity contribution < 1.29 is 4.79 Å². The quantitative estimate of drug-likeness (QED) is 0.487. The number of carbonyl (C=O) groups is 1. The molecular formula is C17H21N7OS2. The van der Waals surface area contributed by atoms with E-state index >= 15 is 0 Å². The summed E-state index contributed by atoms with van der Waals surface area (Å²) in [7, 11) is 1.87. The monoisotopic (exact) mass is 403 g/mol. The van der Waals surface area contributed by atoms with Crippen molar-refractivity contribution >= 4 is 34.6 Å². The van der Waals surface area contributed by atoms with Crippen LogP contribution < -0.4 is 5.32 Å². The van der Waals surface area contributed by atoms with Crippen molar-refractivity contribution in [1.82, 2.24) is 29.5 Å². The van der Waals surface area contributed by atoms with Gasteiger partial charge in [0.2, 0.25) is 5.91 Å². The number of amides is 1. The van der Waals surface area contributed by atoms with E-state index in [9.17, 15) is 4.79 Å². The largest absolute Gasteiger partial charge is 0.302 e. The number of aromatic nitrogens is 6. The van der Waals surface area contributed by atoms with Crippen LogP contribution in [0.25, 0.3) is 10.7 Å². The average Bonchev–Trinajstić information content (AvgIpc) is 3.21. The second-order valence-electron chi connectivity index (χ2n) is 6.18. The predicted molar refractivity (Wildman–Crippen MR) is 108 cm³/mol. The summed E-state index contributed by atoms with van der Waals surface area (Å²) < 4.78 is 4.15. The number of anilines is 1. The van der Waals surface area contributed by atoms with E-state index < -0.39 is 0 Å². The summed E-state index contributed by atoms with van der Waals surface area (Å²) in [4.78, 5) is 17.8. The molecule has 0 aromatic carbocycles. The van der Waals surface area contributed by atoms with Crippen molar-refractivity contribution in [2.75, 3.05) is 5.32 Å². The Morgan fingerprint density at radius 1 is 1.37 bits per heavy atom. The van der Waals surface area contributed by atoms with E-state index in [1.54, 1.807) is 10.8 Å². The molecule has 27 heavy (non-hydrogen) atoms. The number of rotatable bonds is 6. The van der Waals surface area contributed by atoms with E-state index in [2.05, 4.69) is 32.2 Å². The highest BCUT2D eigenvalue weighted by atomic mass is 32.1. The van der Waals surface area contributed by atoms with Gasteiger partial charge in [-0.25, -0.2) is 4.98 Å². The van der Waals surface area contributed by atoms with Gasteiger partial charge in [0.25, 0.3) is 0 Å². The Balaban J connectivity index is 1.82. The molecular weight excluding hydrogens is 382 g/mol. The zero-order chi connectivity index (χ0) is 19.7. The topological polar surface area (TPSA) is 93.4 Å². The first-order valence-electron chi connectivity index (χ1n) is 8.34. The molecule has 0 radical (unpaired) electrons. The van der Waals surface area contributed by atoms with Gasteiger partial charge in [-0.05, 0) is 33.0 Å². The normalized spacial score (nSPS) is 11.0. The minimum Gasteiger partial charge on any atom is -0.302 e. The Bertz CT molecular complexity index is 1070. The lowest BCUT2D eigenvalue weighted by molar-refractivity contribution is -0.115. The molecule has 0 saturated heterocycles. The molecule has 0 aliphatic carbocycles. The standard InChI is InChI=1S/C17H21N7OS2/c1-6-7-24-15(20-21-17(24)26)14-10(3)18-16(27-14)19-13(25)8-12-9(2)22-23(5)11(12)4/h6H,1,7-8H2,2-5H3,(H,21,26)(H,18,19,25). The lowest BCUT2D eigenvalue weighted by atomic mass is 10.1. The second-order valence-corrected chi connectivity index (χ2v) is 7.57. The molecule has 0 fully saturated rings. The van der Waals surface area contributed by atoms with Crippen LogP contribution >= 0.6 is 23.6 Å². The minimum atomic E-state index is -0.126. The molecule has 0 unspecified atom stereocenters. The third kappa shape index (κ3) is 3.76. The molecule has 3 aromatic heterocycles. The van der Waals surface area contributed by atoms with Gasteiger partial charge in [0.1, 0.15) is 0 Å². The predicted octanol–water partition coefficient (Wildman–Crippen LogP) is 3.09. The molecule has 3 aromatic rings. The van der Waals surface area contributed by atoms with Crippen molar-refractivity contribution in [3.63, 3.8) is 0 Å². The summed E-state index contributed by atoms with van der Waals surface area (Å²) in [5.74, 6) is 0.564. The van der Waals surface area contributed by atoms with Gasteiger partial charge in [0.05, 0.1) is 22.7 Å². The third-order valence-corrected chi connectivity index (χ3v) is 5.69. The van der Waals surface area contributed by atoms with Crippen molar-refractivity contribution in [3.8, 4) is 10.7 Å². The van der Waals surface area contributed by atoms with Gasteiger partial charge in [0, 0.05) is 24.8 Å². The fraction of sp³-hybridized carbons (Fsp3) is 0.353. The number of carbonyl (C=O) groups excluding carboxylic acids is 1. The molecule has 142 valence electrons. The Morgan fingerprint density at radius 2 is 2.11 bits per heavy atom. The van der Waals surface area contributed by atoms with Gasteiger partial charge < -0.3 is 5.32 Å². The zero-order valence-corrected chi connectivity index (χ0v) is 17.3. The molecule has 1 amide bonds. The maximum atomic E-state index is 12.5. The third-order valence-electron chi connectivity index (χ3n) is 4.31. The number of thiazole rings is 1. The fourth-order valence-corrected chi connectivity index (χ4v) is 4.03. The van der Waals surface area contributed by atoms with E-state index in [4.69, 9.17) is 12.2 Å². The van der Waals surface area contributed by atoms with Crippen LogP contribution in [0.3, 0.4) is 0 Å². The number of hydrogen-bond donors (Lipinski definition) is 2. The van der Waals surface area contributed by atoms with Gasteiger partial charge in [-0.3, -0.25) is 19.1 Å². The molecule has 0 atom stereocenters. The Morgan fingerprint density at radius 3 is 2.74 bits per heavy atom. The number of nitrogens with one attached hydrogen (secondary N) is 2. The molecule has 0 aliphatic rings. The van der Waals surface area contributed by atoms with Gasteiger partial charge in [0.15, 0.2) is 15.7 Å². The van der Waals surface area contributed by atoms with Crippen LogP contribution in [-0.4, -0.2) is 35.4 Å². The van der Waals surface area contributed by atoms with Crippen LogP contribution in [0.4, 0.5) is 5.13 Å². The maximum absolute atomic E-state index is 12.5. The number of aromatic amines is 1. The molecule has 3 rings (SSSR count). The first kappa shape index (κ1) is 19.2. The first-order valence-corrected chi connectivity index (χ1v) is 9.57. The van der Waals surface area contributed by atoms with Gasteiger partial charge in [-0.15, -0.1) is 6.58 Å². The molecule has 0 aliphatic heterocycles. The number of allylic oxidation sites excluding steroid dienone is 1. The number of hydrogen-bond acceptors (Lipinski definition) is 6. The summed E-state index contributed by atoms with van der Waals surface area (Å²) in [6, 6.07) is 0. The molecule has 0 saturated carbocycles. The van der Waals surface area contributed by atoms with Crippen molar-refractivity contribution in [1.29, 1.82) is 0 Å². The summed E-state index contributed by atoms with van der Waals surface area (Å²) in [6.45, 7) is 10.0. The number of nitrogens with zero attached hydrogens (tertiary/aromatic N) is 5. The highest BCUT2D eigenvalue weighted by molar-refractivity contribution is 7.71. The van der Waals surface area contributed by atoms with Gasteiger partial charge in [-0.1, -0.05) is 17.4 Å². The molecule has 0 spiro atoms. The minimum absolute atomic E-state index is 0.126. The Labute approximate surface area is 166 Å². The van der Waals surface area contributed by atoms with E-state index in [0.29, 0.717) is 22.3 Å². The van der Waals surface area contributed by atoms with Crippen LogP contribution in [0, 0.1) is 25.5 Å². The molecule has 0 bridgehead atoms. The van der Waals surface area contributed by atoms with E-state index in [1.165, 1.54) is 11.3 Å². The molecule has 10 heteroatoms. The maximum Gasteiger partial charge on any atom is 0.230 e. The zero-order valence-electron chi connectivity index (χ0n) is 15.7. The Hall–Kier alpha value is -2.59. The number of aryl methyl sites for hydroxylation is 3. The van der Waals surface area contributed by atoms with Crippen LogP contribution in [0.15, 0.2) is 12.7 Å². The van der Waals surface area contributed by atoms with Crippen LogP contribution in [0.5, 0.6) is 0 Å². The van der Waals surface area contributed by atoms with Crippen LogP contribution in [0.1, 0.15) is 22.6 Å². The van der Waals surface area contributed by atoms with Crippen molar-refractivity contribution in [2.24, 2.45) is 7.05 Å². The highest BCUT2D eigenvalue weighted by Crippen LogP contribution is 2.31. The first-order chi connectivity index (χ1) is 12.8. The van der Waals surface area contributed by atoms with E-state index in [1.807, 2.05) is 32.4 Å². The Kier molecular flexibility index (Phi) is 5.38. The van der Waals surface area contributed by atoms with Crippen LogP contribution in [0.2, 0.25) is 0 Å². The average molecular weight is 404 g/mol. The summed E-state index contributed by atoms with van der Waals surface area (Å²) in [5.41, 5.74) is 3.57. The van der Waals surface area contributed by atoms with Crippen molar-refractivity contribution in [3.05, 3.63) is 40.1 Å². The lowest BCUT2D eigenvalue weighted by Gasteiger charge is -2.03. The van der Waals surface area contributed by atoms with Gasteiger partial charge in [-0.2, -0.15) is 10.2 Å².